The van der Waals surface area contributed by atoms with Crippen molar-refractivity contribution < 1.29 is 0 Å². The molecule has 11 heavy (non-hydrogen) atoms. The van der Waals surface area contributed by atoms with Gasteiger partial charge in [0.15, 0.2) is 5.65 Å². The Morgan fingerprint density at radius 2 is 2.18 bits per heavy atom. The maximum Gasteiger partial charge on any atom is 0.177 e. The average molecular weight is 148 g/mol. The second-order valence-corrected chi connectivity index (χ2v) is 2.54. The lowest BCUT2D eigenvalue weighted by atomic mass is 10.5. The van der Waals surface area contributed by atoms with E-state index in [0.29, 0.717) is 0 Å². The Bertz CT molecular complexity index is 390. The molecule has 2 rings (SSSR count). The van der Waals surface area contributed by atoms with Crippen LogP contribution in [0.3, 0.4) is 0 Å². The first-order valence-corrected chi connectivity index (χ1v) is 3.42. The Morgan fingerprint density at radius 3 is 2.91 bits per heavy atom. The molecule has 56 valence electrons. The summed E-state index contributed by atoms with van der Waals surface area (Å²) in [6, 6.07) is 1.90. The van der Waals surface area contributed by atoms with E-state index in [1.54, 1.807) is 10.7 Å². The molecule has 0 aromatic carbocycles. The van der Waals surface area contributed by atoms with Gasteiger partial charge in [-0.3, -0.25) is 0 Å². The number of hydrogen-bond acceptors (Lipinski definition) is 3. The summed E-state index contributed by atoms with van der Waals surface area (Å²) in [5.74, 6) is 0. The second-order valence-electron chi connectivity index (χ2n) is 2.54. The molecule has 0 aliphatic carbocycles. The van der Waals surface area contributed by atoms with Crippen LogP contribution in [0.25, 0.3) is 5.65 Å². The lowest BCUT2D eigenvalue weighted by Gasteiger charge is -1.93. The van der Waals surface area contributed by atoms with Crippen LogP contribution >= 0.6 is 0 Å². The fourth-order valence-corrected chi connectivity index (χ4v) is 1.04. The third-order valence-electron chi connectivity index (χ3n) is 1.55. The van der Waals surface area contributed by atoms with Crippen molar-refractivity contribution in [3.8, 4) is 0 Å². The Balaban J connectivity index is 2.90. The van der Waals surface area contributed by atoms with Gasteiger partial charge in [-0.1, -0.05) is 0 Å². The summed E-state index contributed by atoms with van der Waals surface area (Å²) in [5, 5.41) is 12.0. The van der Waals surface area contributed by atoms with Gasteiger partial charge in [0, 0.05) is 6.07 Å². The van der Waals surface area contributed by atoms with Crippen LogP contribution in [0.5, 0.6) is 0 Å². The van der Waals surface area contributed by atoms with E-state index < -0.39 is 0 Å². The van der Waals surface area contributed by atoms with E-state index in [9.17, 15) is 0 Å². The van der Waals surface area contributed by atoms with Crippen molar-refractivity contribution in [1.82, 2.24) is 19.8 Å². The number of aryl methyl sites for hydroxylation is 2. The van der Waals surface area contributed by atoms with Crippen molar-refractivity contribution >= 4 is 5.65 Å². The van der Waals surface area contributed by atoms with Crippen LogP contribution in [0.1, 0.15) is 11.4 Å². The fourth-order valence-electron chi connectivity index (χ4n) is 1.04. The van der Waals surface area contributed by atoms with Crippen LogP contribution in [0.4, 0.5) is 0 Å². The highest BCUT2D eigenvalue weighted by atomic mass is 15.3. The van der Waals surface area contributed by atoms with Crippen molar-refractivity contribution in [2.24, 2.45) is 0 Å². The molecule has 0 fully saturated rings. The standard InChI is InChI=1S/C7H8N4/c1-5-3-7-9-8-4-6(2)11(7)10-5/h3-4H,1-2H3. The highest BCUT2D eigenvalue weighted by Crippen LogP contribution is 2.02. The first kappa shape index (κ1) is 6.27. The van der Waals surface area contributed by atoms with Gasteiger partial charge >= 0.3 is 0 Å². The molecule has 2 aromatic heterocycles. The summed E-state index contributed by atoms with van der Waals surface area (Å²) < 4.78 is 1.78. The zero-order chi connectivity index (χ0) is 7.84. The molecule has 2 aromatic rings. The molecule has 4 nitrogen and oxygen atoms in total. The molecule has 0 radical (unpaired) electrons. The van der Waals surface area contributed by atoms with E-state index in [0.717, 1.165) is 17.0 Å². The van der Waals surface area contributed by atoms with Crippen LogP contribution in [0.15, 0.2) is 12.3 Å². The van der Waals surface area contributed by atoms with E-state index in [4.69, 9.17) is 0 Å². The summed E-state index contributed by atoms with van der Waals surface area (Å²) in [4.78, 5) is 0. The number of fused-ring (bicyclic) bond motifs is 1. The number of rotatable bonds is 0. The molecule has 0 saturated heterocycles. The van der Waals surface area contributed by atoms with Crippen molar-refractivity contribution in [2.75, 3.05) is 0 Å². The minimum atomic E-state index is 0.808. The van der Waals surface area contributed by atoms with Gasteiger partial charge in [0.2, 0.25) is 0 Å². The van der Waals surface area contributed by atoms with E-state index >= 15 is 0 Å². The van der Waals surface area contributed by atoms with Crippen LogP contribution in [0, 0.1) is 13.8 Å². The highest BCUT2D eigenvalue weighted by Gasteiger charge is 1.99. The third kappa shape index (κ3) is 0.869. The smallest absolute Gasteiger partial charge is 0.177 e. The predicted octanol–water partition coefficient (Wildman–Crippen LogP) is 0.741. The Kier molecular flexibility index (Phi) is 1.15. The van der Waals surface area contributed by atoms with Gasteiger partial charge in [0.05, 0.1) is 17.6 Å². The van der Waals surface area contributed by atoms with Gasteiger partial charge in [0.1, 0.15) is 0 Å². The molecule has 0 aliphatic rings. The van der Waals surface area contributed by atoms with Crippen molar-refractivity contribution in [3.63, 3.8) is 0 Å². The largest absolute Gasteiger partial charge is 0.216 e. The fraction of sp³-hybridized carbons (Fsp3) is 0.286. The van der Waals surface area contributed by atoms with Gasteiger partial charge in [-0.2, -0.15) is 10.2 Å². The van der Waals surface area contributed by atoms with E-state index in [1.165, 1.54) is 0 Å². The molecular formula is C7H8N4. The lowest BCUT2D eigenvalue weighted by molar-refractivity contribution is 0.839. The third-order valence-corrected chi connectivity index (χ3v) is 1.55. The van der Waals surface area contributed by atoms with Crippen molar-refractivity contribution in [1.29, 1.82) is 0 Å². The second kappa shape index (κ2) is 2.02. The number of hydrogen-bond donors (Lipinski definition) is 0. The van der Waals surface area contributed by atoms with Crippen molar-refractivity contribution in [2.45, 2.75) is 13.8 Å². The van der Waals surface area contributed by atoms with Gasteiger partial charge in [-0.25, -0.2) is 4.52 Å². The molecule has 0 N–H and O–H groups in total. The average Bonchev–Trinajstić information content (AvgIpc) is 2.31. The molecule has 4 heteroatoms. The highest BCUT2D eigenvalue weighted by molar-refractivity contribution is 5.37. The number of aromatic nitrogens is 4. The molecule has 0 bridgehead atoms. The molecule has 0 unspecified atom stereocenters. The van der Waals surface area contributed by atoms with Crippen molar-refractivity contribution in [3.05, 3.63) is 23.7 Å². The van der Waals surface area contributed by atoms with Crippen LogP contribution < -0.4 is 0 Å². The zero-order valence-electron chi connectivity index (χ0n) is 6.44. The molecule has 0 spiro atoms. The molecule has 0 atom stereocenters. The SMILES string of the molecule is Cc1cc2nncc(C)n2n1. The molecule has 0 amide bonds. The van der Waals surface area contributed by atoms with E-state index in [1.807, 2.05) is 19.9 Å². The van der Waals surface area contributed by atoms with Crippen LogP contribution in [-0.4, -0.2) is 19.8 Å². The Labute approximate surface area is 63.9 Å². The van der Waals surface area contributed by atoms with E-state index in [-0.39, 0.29) is 0 Å². The minimum absolute atomic E-state index is 0.808. The first-order chi connectivity index (χ1) is 5.27. The first-order valence-electron chi connectivity index (χ1n) is 3.42. The topological polar surface area (TPSA) is 43.1 Å². The summed E-state index contributed by atoms with van der Waals surface area (Å²) in [6.07, 6.45) is 1.69. The molecule has 2 heterocycles. The Morgan fingerprint density at radius 1 is 1.36 bits per heavy atom. The van der Waals surface area contributed by atoms with Gasteiger partial charge in [0.25, 0.3) is 0 Å². The van der Waals surface area contributed by atoms with Gasteiger partial charge in [-0.15, -0.1) is 5.10 Å². The lowest BCUT2D eigenvalue weighted by Crippen LogP contribution is -1.96. The maximum atomic E-state index is 4.23. The van der Waals surface area contributed by atoms with Crippen LogP contribution in [-0.2, 0) is 0 Å². The number of nitrogens with zero attached hydrogens (tertiary/aromatic N) is 4. The van der Waals surface area contributed by atoms with Gasteiger partial charge in [-0.05, 0) is 13.8 Å². The zero-order valence-corrected chi connectivity index (χ0v) is 6.44. The van der Waals surface area contributed by atoms with E-state index in [2.05, 4.69) is 15.3 Å². The monoisotopic (exact) mass is 148 g/mol. The maximum absolute atomic E-state index is 4.23. The molecular weight excluding hydrogens is 140 g/mol. The summed E-state index contributed by atoms with van der Waals surface area (Å²) in [7, 11) is 0. The Hall–Kier alpha value is -1.45. The van der Waals surface area contributed by atoms with Crippen LogP contribution in [0.2, 0.25) is 0 Å². The predicted molar refractivity (Wildman–Crippen MR) is 40.3 cm³/mol. The molecule has 0 aliphatic heterocycles. The summed E-state index contributed by atoms with van der Waals surface area (Å²) in [5.41, 5.74) is 2.78. The normalized spacial score (nSPS) is 10.7. The minimum Gasteiger partial charge on any atom is -0.216 e. The quantitative estimate of drug-likeness (QED) is 0.553. The van der Waals surface area contributed by atoms with Gasteiger partial charge < -0.3 is 0 Å². The summed E-state index contributed by atoms with van der Waals surface area (Å²) >= 11 is 0. The summed E-state index contributed by atoms with van der Waals surface area (Å²) in [6.45, 7) is 3.89. The molecule has 0 saturated carbocycles.